The molecule has 3 aromatic rings. The fourth-order valence-electron chi connectivity index (χ4n) is 3.42. The highest BCUT2D eigenvalue weighted by atomic mass is 35.5. The maximum Gasteiger partial charge on any atom is 0.329 e. The van der Waals surface area contributed by atoms with Crippen LogP contribution in [-0.2, 0) is 0 Å². The number of anilines is 1. The number of pyridine rings is 1. The Hall–Kier alpha value is -2.41. The van der Waals surface area contributed by atoms with E-state index >= 15 is 0 Å². The molecule has 2 aliphatic rings. The molecule has 2 aliphatic carbocycles. The number of hydrogen-bond donors (Lipinski definition) is 2. The average molecular weight is 357 g/mol. The van der Waals surface area contributed by atoms with Crippen molar-refractivity contribution in [3.63, 3.8) is 0 Å². The fourth-order valence-corrected chi connectivity index (χ4v) is 3.53. The van der Waals surface area contributed by atoms with Gasteiger partial charge < -0.3 is 5.32 Å². The van der Waals surface area contributed by atoms with Gasteiger partial charge in [-0.3, -0.25) is 9.55 Å². The van der Waals surface area contributed by atoms with Crippen molar-refractivity contribution in [2.75, 3.05) is 5.32 Å². The third-order valence-electron chi connectivity index (χ3n) is 4.99. The van der Waals surface area contributed by atoms with Gasteiger partial charge in [0.05, 0.1) is 16.9 Å². The van der Waals surface area contributed by atoms with Crippen LogP contribution in [0.4, 0.5) is 5.82 Å². The van der Waals surface area contributed by atoms with Gasteiger partial charge in [-0.2, -0.15) is 0 Å². The molecule has 0 spiro atoms. The monoisotopic (exact) mass is 356 g/mol. The van der Waals surface area contributed by atoms with Gasteiger partial charge in [0.15, 0.2) is 11.3 Å². The van der Waals surface area contributed by atoms with Crippen LogP contribution in [0.15, 0.2) is 29.3 Å². The number of halogens is 1. The van der Waals surface area contributed by atoms with E-state index in [0.29, 0.717) is 28.3 Å². The number of imidazole rings is 1. The van der Waals surface area contributed by atoms with Crippen molar-refractivity contribution >= 4 is 28.7 Å². The molecule has 0 aliphatic heterocycles. The number of rotatable bonds is 4. The van der Waals surface area contributed by atoms with E-state index in [9.17, 15) is 4.79 Å². The van der Waals surface area contributed by atoms with E-state index in [0.717, 1.165) is 37.2 Å². The zero-order chi connectivity index (χ0) is 17.0. The van der Waals surface area contributed by atoms with Crippen molar-refractivity contribution in [2.24, 2.45) is 0 Å². The summed E-state index contributed by atoms with van der Waals surface area (Å²) in [5.74, 6) is 1.20. The van der Waals surface area contributed by atoms with Crippen LogP contribution in [0.1, 0.15) is 43.3 Å². The summed E-state index contributed by atoms with van der Waals surface area (Å²) in [6, 6.07) is 4.37. The van der Waals surface area contributed by atoms with Gasteiger partial charge in [-0.05, 0) is 37.8 Å². The number of fused-ring (bicyclic) bond motifs is 1. The SMILES string of the molecule is O=c1[nH]c2ncc(C3CC(Nc4ccc(Cl)cn4)C3)nc2n1C1CC1. The first kappa shape index (κ1) is 14.9. The normalized spacial score (nSPS) is 22.8. The Bertz CT molecular complexity index is 985. The summed E-state index contributed by atoms with van der Waals surface area (Å²) >= 11 is 5.86. The topological polar surface area (TPSA) is 88.5 Å². The zero-order valence-electron chi connectivity index (χ0n) is 13.4. The third kappa shape index (κ3) is 2.68. The van der Waals surface area contributed by atoms with E-state index < -0.39 is 0 Å². The highest BCUT2D eigenvalue weighted by molar-refractivity contribution is 6.30. The smallest absolute Gasteiger partial charge is 0.329 e. The predicted octanol–water partition coefficient (Wildman–Crippen LogP) is 2.86. The molecule has 0 saturated heterocycles. The molecular weight excluding hydrogens is 340 g/mol. The number of H-pyrrole nitrogens is 1. The van der Waals surface area contributed by atoms with Crippen LogP contribution in [0.2, 0.25) is 5.02 Å². The first-order chi connectivity index (χ1) is 12.2. The largest absolute Gasteiger partial charge is 0.367 e. The minimum Gasteiger partial charge on any atom is -0.367 e. The maximum absolute atomic E-state index is 12.1. The summed E-state index contributed by atoms with van der Waals surface area (Å²) in [5.41, 5.74) is 2.14. The Morgan fingerprint density at radius 1 is 1.20 bits per heavy atom. The summed E-state index contributed by atoms with van der Waals surface area (Å²) in [7, 11) is 0. The van der Waals surface area contributed by atoms with Gasteiger partial charge in [0.25, 0.3) is 0 Å². The first-order valence-corrected chi connectivity index (χ1v) is 8.90. The molecule has 0 aromatic carbocycles. The Kier molecular flexibility index (Phi) is 3.31. The molecule has 3 heterocycles. The van der Waals surface area contributed by atoms with Gasteiger partial charge in [0, 0.05) is 24.2 Å². The van der Waals surface area contributed by atoms with E-state index in [4.69, 9.17) is 16.6 Å². The van der Waals surface area contributed by atoms with Crippen molar-refractivity contribution in [3.8, 4) is 0 Å². The number of nitrogens with zero attached hydrogens (tertiary/aromatic N) is 4. The molecule has 3 aromatic heterocycles. The average Bonchev–Trinajstić information content (AvgIpc) is 3.34. The predicted molar refractivity (Wildman–Crippen MR) is 95.1 cm³/mol. The van der Waals surface area contributed by atoms with Gasteiger partial charge in [0.2, 0.25) is 0 Å². The summed E-state index contributed by atoms with van der Waals surface area (Å²) in [5, 5.41) is 4.04. The summed E-state index contributed by atoms with van der Waals surface area (Å²) < 4.78 is 1.76. The molecule has 0 amide bonds. The molecule has 7 nitrogen and oxygen atoms in total. The summed E-state index contributed by atoms with van der Waals surface area (Å²) in [4.78, 5) is 28.3. The number of aromatic amines is 1. The Morgan fingerprint density at radius 2 is 2.04 bits per heavy atom. The van der Waals surface area contributed by atoms with E-state index in [1.54, 1.807) is 17.0 Å². The second-order valence-electron chi connectivity index (χ2n) is 6.87. The molecule has 128 valence electrons. The molecule has 2 N–H and O–H groups in total. The highest BCUT2D eigenvalue weighted by Gasteiger charge is 2.33. The van der Waals surface area contributed by atoms with Crippen LogP contribution < -0.4 is 11.0 Å². The maximum atomic E-state index is 12.1. The number of aromatic nitrogens is 5. The fraction of sp³-hybridized carbons (Fsp3) is 0.412. The Morgan fingerprint density at radius 3 is 2.76 bits per heavy atom. The minimum absolute atomic E-state index is 0.100. The first-order valence-electron chi connectivity index (χ1n) is 8.52. The molecule has 0 unspecified atom stereocenters. The van der Waals surface area contributed by atoms with Crippen molar-refractivity contribution < 1.29 is 0 Å². The molecule has 0 radical (unpaired) electrons. The molecule has 5 rings (SSSR count). The molecule has 2 saturated carbocycles. The summed E-state index contributed by atoms with van der Waals surface area (Å²) in [6.07, 6.45) is 7.47. The lowest BCUT2D eigenvalue weighted by molar-refractivity contribution is 0.366. The van der Waals surface area contributed by atoms with Gasteiger partial charge >= 0.3 is 5.69 Å². The number of nitrogens with one attached hydrogen (secondary N) is 2. The number of hydrogen-bond acceptors (Lipinski definition) is 5. The van der Waals surface area contributed by atoms with Crippen molar-refractivity contribution in [2.45, 2.75) is 43.7 Å². The van der Waals surface area contributed by atoms with Gasteiger partial charge in [0.1, 0.15) is 5.82 Å². The Balaban J connectivity index is 1.32. The van der Waals surface area contributed by atoms with Crippen LogP contribution in [0.25, 0.3) is 11.3 Å². The van der Waals surface area contributed by atoms with Crippen molar-refractivity contribution in [1.82, 2.24) is 24.5 Å². The molecular formula is C17H17ClN6O. The lowest BCUT2D eigenvalue weighted by Crippen LogP contribution is -2.34. The van der Waals surface area contributed by atoms with Gasteiger partial charge in [-0.15, -0.1) is 0 Å². The quantitative estimate of drug-likeness (QED) is 0.750. The van der Waals surface area contributed by atoms with E-state index in [1.807, 2.05) is 12.1 Å². The lowest BCUT2D eigenvalue weighted by Gasteiger charge is -2.35. The standard InChI is InChI=1S/C17H17ClN6O/c18-10-1-4-14(19-7-10)21-11-5-9(6-11)13-8-20-15-16(22-13)24(12-2-3-12)17(25)23-15/h1,4,7-9,11-12H,2-3,5-6H2,(H,19,21)(H,20,23,25). The van der Waals surface area contributed by atoms with Crippen LogP contribution in [0.5, 0.6) is 0 Å². The third-order valence-corrected chi connectivity index (χ3v) is 5.22. The van der Waals surface area contributed by atoms with E-state index in [1.165, 1.54) is 0 Å². The second-order valence-corrected chi connectivity index (χ2v) is 7.31. The van der Waals surface area contributed by atoms with Crippen molar-refractivity contribution in [3.05, 3.63) is 45.7 Å². The second kappa shape index (κ2) is 5.56. The van der Waals surface area contributed by atoms with Crippen LogP contribution in [0, 0.1) is 0 Å². The Labute approximate surface area is 148 Å². The highest BCUT2D eigenvalue weighted by Crippen LogP contribution is 2.39. The van der Waals surface area contributed by atoms with E-state index in [-0.39, 0.29) is 11.7 Å². The van der Waals surface area contributed by atoms with Gasteiger partial charge in [-0.1, -0.05) is 11.6 Å². The molecule has 8 heteroatoms. The zero-order valence-corrected chi connectivity index (χ0v) is 14.2. The lowest BCUT2D eigenvalue weighted by atomic mass is 9.78. The van der Waals surface area contributed by atoms with Crippen LogP contribution in [-0.4, -0.2) is 30.5 Å². The molecule has 2 fully saturated rings. The molecule has 25 heavy (non-hydrogen) atoms. The van der Waals surface area contributed by atoms with E-state index in [2.05, 4.69) is 20.3 Å². The van der Waals surface area contributed by atoms with Gasteiger partial charge in [-0.25, -0.2) is 19.7 Å². The van der Waals surface area contributed by atoms with Crippen LogP contribution >= 0.6 is 11.6 Å². The van der Waals surface area contributed by atoms with Crippen molar-refractivity contribution in [1.29, 1.82) is 0 Å². The summed E-state index contributed by atoms with van der Waals surface area (Å²) in [6.45, 7) is 0. The minimum atomic E-state index is -0.100. The molecule has 0 bridgehead atoms. The van der Waals surface area contributed by atoms with Crippen LogP contribution in [0.3, 0.4) is 0 Å². The molecule has 0 atom stereocenters.